The third-order valence-corrected chi connectivity index (χ3v) is 2.93. The molecule has 0 aliphatic carbocycles. The minimum Gasteiger partial charge on any atom is -0.368 e. The summed E-state index contributed by atoms with van der Waals surface area (Å²) in [5, 5.41) is 0. The third-order valence-electron chi connectivity index (χ3n) is 2.93. The van der Waals surface area contributed by atoms with Gasteiger partial charge in [-0.3, -0.25) is 0 Å². The van der Waals surface area contributed by atoms with Crippen LogP contribution in [0.5, 0.6) is 0 Å². The number of anilines is 2. The normalized spacial score (nSPS) is 12.9. The fourth-order valence-electron chi connectivity index (χ4n) is 1.79. The van der Waals surface area contributed by atoms with Crippen LogP contribution in [0.4, 0.5) is 11.8 Å². The Hall–Kier alpha value is -1.85. The number of aromatic nitrogens is 4. The minimum absolute atomic E-state index is 0.260. The second-order valence-corrected chi connectivity index (χ2v) is 4.40. The number of fused-ring (bicyclic) bond motifs is 1. The molecule has 0 fully saturated rings. The molecule has 0 spiro atoms. The fraction of sp³-hybridized carbons (Fsp3) is 0.545. The highest BCUT2D eigenvalue weighted by Gasteiger charge is 2.13. The van der Waals surface area contributed by atoms with Gasteiger partial charge in [-0.15, -0.1) is 0 Å². The lowest BCUT2D eigenvalue weighted by atomic mass is 10.1. The molecule has 2 rings (SSSR count). The van der Waals surface area contributed by atoms with E-state index < -0.39 is 0 Å². The molecule has 0 saturated carbocycles. The molecular formula is C11H18N6. The van der Waals surface area contributed by atoms with Gasteiger partial charge in [0.25, 0.3) is 0 Å². The number of H-pyrrole nitrogens is 1. The van der Waals surface area contributed by atoms with E-state index in [1.807, 2.05) is 7.05 Å². The molecule has 92 valence electrons. The van der Waals surface area contributed by atoms with Gasteiger partial charge >= 0.3 is 0 Å². The molecule has 2 aromatic heterocycles. The van der Waals surface area contributed by atoms with Crippen LogP contribution in [0.2, 0.25) is 0 Å². The summed E-state index contributed by atoms with van der Waals surface area (Å²) in [6, 6.07) is 0. The highest BCUT2D eigenvalue weighted by Crippen LogP contribution is 2.21. The first kappa shape index (κ1) is 11.6. The van der Waals surface area contributed by atoms with Crippen molar-refractivity contribution >= 4 is 22.9 Å². The summed E-state index contributed by atoms with van der Waals surface area (Å²) >= 11 is 0. The van der Waals surface area contributed by atoms with Crippen LogP contribution in [0.3, 0.4) is 0 Å². The Kier molecular flexibility index (Phi) is 3.12. The standard InChI is InChI=1S/C11H18N6/c1-4-7(2)5-17(3)10-8-9(14-6-13-8)15-11(12)16-10/h6-7H,4-5H2,1-3H3,(H3,12,13,14,15,16). The number of nitrogens with one attached hydrogen (secondary N) is 1. The van der Waals surface area contributed by atoms with Crippen LogP contribution in [0.1, 0.15) is 20.3 Å². The highest BCUT2D eigenvalue weighted by molar-refractivity contribution is 5.83. The number of hydrogen-bond donors (Lipinski definition) is 2. The van der Waals surface area contributed by atoms with Crippen molar-refractivity contribution in [1.29, 1.82) is 0 Å². The van der Waals surface area contributed by atoms with Crippen molar-refractivity contribution in [3.8, 4) is 0 Å². The van der Waals surface area contributed by atoms with E-state index in [1.165, 1.54) is 0 Å². The summed E-state index contributed by atoms with van der Waals surface area (Å²) in [6.45, 7) is 5.32. The lowest BCUT2D eigenvalue weighted by molar-refractivity contribution is 0.558. The van der Waals surface area contributed by atoms with Gasteiger partial charge in [0, 0.05) is 13.6 Å². The first-order valence-electron chi connectivity index (χ1n) is 5.79. The van der Waals surface area contributed by atoms with Crippen molar-refractivity contribution in [2.75, 3.05) is 24.2 Å². The first-order valence-corrected chi connectivity index (χ1v) is 5.79. The number of rotatable bonds is 4. The Morgan fingerprint density at radius 1 is 1.47 bits per heavy atom. The molecule has 6 heteroatoms. The summed E-state index contributed by atoms with van der Waals surface area (Å²) in [5.74, 6) is 1.68. The summed E-state index contributed by atoms with van der Waals surface area (Å²) in [5.41, 5.74) is 7.13. The van der Waals surface area contributed by atoms with Gasteiger partial charge in [-0.05, 0) is 5.92 Å². The van der Waals surface area contributed by atoms with Gasteiger partial charge in [-0.1, -0.05) is 20.3 Å². The maximum atomic E-state index is 5.68. The molecular weight excluding hydrogens is 216 g/mol. The second kappa shape index (κ2) is 4.57. The molecule has 1 atom stereocenters. The molecule has 17 heavy (non-hydrogen) atoms. The van der Waals surface area contributed by atoms with Gasteiger partial charge in [0.1, 0.15) is 5.52 Å². The highest BCUT2D eigenvalue weighted by atomic mass is 15.2. The van der Waals surface area contributed by atoms with Crippen LogP contribution in [-0.2, 0) is 0 Å². The number of nitrogens with two attached hydrogens (primary N) is 1. The maximum Gasteiger partial charge on any atom is 0.224 e. The zero-order chi connectivity index (χ0) is 12.4. The number of aromatic amines is 1. The smallest absolute Gasteiger partial charge is 0.224 e. The summed E-state index contributed by atoms with van der Waals surface area (Å²) < 4.78 is 0. The maximum absolute atomic E-state index is 5.68. The van der Waals surface area contributed by atoms with E-state index in [0.29, 0.717) is 11.6 Å². The minimum atomic E-state index is 0.260. The number of nitrogen functional groups attached to an aromatic ring is 1. The summed E-state index contributed by atoms with van der Waals surface area (Å²) in [4.78, 5) is 17.6. The van der Waals surface area contributed by atoms with Crippen molar-refractivity contribution in [2.45, 2.75) is 20.3 Å². The molecule has 6 nitrogen and oxygen atoms in total. The quantitative estimate of drug-likeness (QED) is 0.835. The monoisotopic (exact) mass is 234 g/mol. The zero-order valence-corrected chi connectivity index (χ0v) is 10.4. The topological polar surface area (TPSA) is 83.7 Å². The van der Waals surface area contributed by atoms with E-state index in [0.717, 1.165) is 24.3 Å². The largest absolute Gasteiger partial charge is 0.368 e. The van der Waals surface area contributed by atoms with Gasteiger partial charge in [0.05, 0.1) is 6.33 Å². The van der Waals surface area contributed by atoms with Crippen LogP contribution >= 0.6 is 0 Å². The number of imidazole rings is 1. The first-order chi connectivity index (χ1) is 8.11. The molecule has 0 aliphatic heterocycles. The van der Waals surface area contributed by atoms with Crippen molar-refractivity contribution in [2.24, 2.45) is 5.92 Å². The van der Waals surface area contributed by atoms with Crippen molar-refractivity contribution in [3.05, 3.63) is 6.33 Å². The zero-order valence-electron chi connectivity index (χ0n) is 10.4. The fourth-order valence-corrected chi connectivity index (χ4v) is 1.79. The van der Waals surface area contributed by atoms with E-state index in [9.17, 15) is 0 Å². The Balaban J connectivity index is 2.36. The number of nitrogens with zero attached hydrogens (tertiary/aromatic N) is 4. The summed E-state index contributed by atoms with van der Waals surface area (Å²) in [6.07, 6.45) is 2.75. The Morgan fingerprint density at radius 2 is 2.24 bits per heavy atom. The molecule has 0 aliphatic rings. The average Bonchev–Trinajstić information content (AvgIpc) is 2.75. The molecule has 0 aromatic carbocycles. The molecule has 2 aromatic rings. The van der Waals surface area contributed by atoms with Gasteiger partial charge in [0.15, 0.2) is 11.5 Å². The van der Waals surface area contributed by atoms with E-state index >= 15 is 0 Å². The molecule has 3 N–H and O–H groups in total. The molecule has 2 heterocycles. The third kappa shape index (κ3) is 2.30. The van der Waals surface area contributed by atoms with Gasteiger partial charge in [0.2, 0.25) is 5.95 Å². The Labute approximate surface area is 100 Å². The molecule has 0 radical (unpaired) electrons. The van der Waals surface area contributed by atoms with E-state index in [4.69, 9.17) is 5.73 Å². The van der Waals surface area contributed by atoms with E-state index in [1.54, 1.807) is 6.33 Å². The van der Waals surface area contributed by atoms with E-state index in [-0.39, 0.29) is 5.95 Å². The lowest BCUT2D eigenvalue weighted by Crippen LogP contribution is -2.25. The van der Waals surface area contributed by atoms with Gasteiger partial charge < -0.3 is 15.6 Å². The van der Waals surface area contributed by atoms with Crippen molar-refractivity contribution < 1.29 is 0 Å². The SMILES string of the molecule is CCC(C)CN(C)c1nc(N)nc2nc[nH]c12. The summed E-state index contributed by atoms with van der Waals surface area (Å²) in [7, 11) is 2.01. The molecule has 0 saturated heterocycles. The van der Waals surface area contributed by atoms with Gasteiger partial charge in [-0.2, -0.15) is 9.97 Å². The van der Waals surface area contributed by atoms with Crippen molar-refractivity contribution in [1.82, 2.24) is 19.9 Å². The van der Waals surface area contributed by atoms with Crippen LogP contribution in [0, 0.1) is 5.92 Å². The van der Waals surface area contributed by atoms with Crippen molar-refractivity contribution in [3.63, 3.8) is 0 Å². The molecule has 0 bridgehead atoms. The average molecular weight is 234 g/mol. The Bertz CT molecular complexity index is 506. The van der Waals surface area contributed by atoms with E-state index in [2.05, 4.69) is 38.7 Å². The molecule has 1 unspecified atom stereocenters. The predicted molar refractivity (Wildman–Crippen MR) is 68.8 cm³/mol. The Morgan fingerprint density at radius 3 is 2.94 bits per heavy atom. The van der Waals surface area contributed by atoms with Crippen LogP contribution in [0.15, 0.2) is 6.33 Å². The van der Waals surface area contributed by atoms with Crippen LogP contribution in [0.25, 0.3) is 11.2 Å². The molecule has 0 amide bonds. The van der Waals surface area contributed by atoms with Crippen LogP contribution in [-0.4, -0.2) is 33.5 Å². The van der Waals surface area contributed by atoms with Crippen LogP contribution < -0.4 is 10.6 Å². The second-order valence-electron chi connectivity index (χ2n) is 4.40. The predicted octanol–water partition coefficient (Wildman–Crippen LogP) is 1.42. The van der Waals surface area contributed by atoms with Gasteiger partial charge in [-0.25, -0.2) is 4.98 Å². The number of hydrogen-bond acceptors (Lipinski definition) is 5. The lowest BCUT2D eigenvalue weighted by Gasteiger charge is -2.22.